The number of carbonyl (C=O) groups excluding carboxylic acids is 2. The molecule has 51 heavy (non-hydrogen) atoms. The minimum Gasteiger partial charge on any atom is -0.304 e. The molecular weight excluding hydrogens is 648 g/mol. The molecule has 1 saturated heterocycles. The molecule has 0 amide bonds. The molecule has 6 rings (SSSR count). The monoisotopic (exact) mass is 689 g/mol. The van der Waals surface area contributed by atoms with Gasteiger partial charge < -0.3 is 4.90 Å². The fourth-order valence-corrected chi connectivity index (χ4v) is 6.65. The van der Waals surface area contributed by atoms with Gasteiger partial charge in [0.15, 0.2) is 23.2 Å². The van der Waals surface area contributed by atoms with Crippen LogP contribution in [0.15, 0.2) is 71.7 Å². The van der Waals surface area contributed by atoms with E-state index in [4.69, 9.17) is 4.98 Å². The van der Waals surface area contributed by atoms with Gasteiger partial charge in [0, 0.05) is 61.1 Å². The average molecular weight is 690 g/mol. The summed E-state index contributed by atoms with van der Waals surface area (Å²) < 4.78 is 29.9. The molecule has 0 bridgehead atoms. The Hall–Kier alpha value is -5.27. The number of carbonyl (C=O) groups is 2. The van der Waals surface area contributed by atoms with Crippen LogP contribution in [0.4, 0.5) is 8.78 Å². The third kappa shape index (κ3) is 8.38. The molecule has 10 heteroatoms. The van der Waals surface area contributed by atoms with Crippen LogP contribution in [-0.4, -0.2) is 55.4 Å². The number of benzene rings is 3. The Morgan fingerprint density at radius 2 is 1.69 bits per heavy atom. The van der Waals surface area contributed by atoms with E-state index >= 15 is 0 Å². The first kappa shape index (κ1) is 35.6. The number of aromatic nitrogens is 4. The Morgan fingerprint density at radius 3 is 2.41 bits per heavy atom. The van der Waals surface area contributed by atoms with Gasteiger partial charge in [-0.15, -0.1) is 0 Å². The van der Waals surface area contributed by atoms with Crippen LogP contribution in [-0.2, 0) is 20.0 Å². The fraction of sp³-hybridized carbons (Fsp3) is 0.341. The second-order valence-corrected chi connectivity index (χ2v) is 13.3. The van der Waals surface area contributed by atoms with Crippen molar-refractivity contribution in [2.45, 2.75) is 58.9 Å². The topological polar surface area (TPSA) is 90.1 Å². The van der Waals surface area contributed by atoms with Gasteiger partial charge in [-0.05, 0) is 86.8 Å². The number of piperidine rings is 1. The summed E-state index contributed by atoms with van der Waals surface area (Å²) in [6.45, 7) is 7.09. The van der Waals surface area contributed by atoms with Gasteiger partial charge in [0.25, 0.3) is 5.56 Å². The summed E-state index contributed by atoms with van der Waals surface area (Å²) in [6.07, 6.45) is 5.41. The Balaban J connectivity index is 1.03. The van der Waals surface area contributed by atoms with Crippen LogP contribution in [0.3, 0.4) is 0 Å². The SMILES string of the molecule is CCN1CCC(CC(=O)c2ccc(Cc3ncc4cc(C#CCCC(=O)c5c(C)n(C)n(Cc6ccc(F)c(F)c6)c5=O)ccc4n3)cc2)CC1. The second kappa shape index (κ2) is 15.7. The standard InChI is InChI=1S/C41H41F2N5O3/c1-4-47-19-17-30(18-20-47)23-38(50)32-13-9-29(10-14-32)24-39-44-25-33-21-28(12-16-36(33)45-39)7-5-6-8-37(49)40-27(2)46(3)48(41(40)51)26-31-11-15-34(42)35(43)22-31/h9-16,21-22,25,30H,4,6,8,17-20,23-24,26H2,1-3H3. The highest BCUT2D eigenvalue weighted by Crippen LogP contribution is 2.23. The number of hydrogen-bond donors (Lipinski definition) is 0. The Labute approximate surface area is 296 Å². The predicted molar refractivity (Wildman–Crippen MR) is 193 cm³/mol. The molecule has 0 unspecified atom stereocenters. The Bertz CT molecular complexity index is 2200. The summed E-state index contributed by atoms with van der Waals surface area (Å²) in [7, 11) is 1.65. The van der Waals surface area contributed by atoms with Crippen molar-refractivity contribution in [2.75, 3.05) is 19.6 Å². The van der Waals surface area contributed by atoms with Crippen LogP contribution in [0, 0.1) is 36.3 Å². The maximum Gasteiger partial charge on any atom is 0.278 e. The van der Waals surface area contributed by atoms with Crippen molar-refractivity contribution in [1.82, 2.24) is 24.2 Å². The Morgan fingerprint density at radius 1 is 0.941 bits per heavy atom. The van der Waals surface area contributed by atoms with E-state index in [9.17, 15) is 23.2 Å². The average Bonchev–Trinajstić information content (AvgIpc) is 3.34. The largest absolute Gasteiger partial charge is 0.304 e. The van der Waals surface area contributed by atoms with E-state index < -0.39 is 17.2 Å². The summed E-state index contributed by atoms with van der Waals surface area (Å²) in [6, 6.07) is 16.9. The van der Waals surface area contributed by atoms with Gasteiger partial charge in [0.2, 0.25) is 0 Å². The van der Waals surface area contributed by atoms with Gasteiger partial charge in [-0.1, -0.05) is 49.1 Å². The maximum atomic E-state index is 13.7. The molecule has 0 aliphatic carbocycles. The van der Waals surface area contributed by atoms with Gasteiger partial charge in [-0.25, -0.2) is 23.4 Å². The first-order chi connectivity index (χ1) is 24.6. The van der Waals surface area contributed by atoms with Crippen LogP contribution in [0.1, 0.15) is 88.0 Å². The molecule has 2 aromatic heterocycles. The summed E-state index contributed by atoms with van der Waals surface area (Å²) >= 11 is 0. The van der Waals surface area contributed by atoms with Crippen molar-refractivity contribution in [3.05, 3.63) is 128 Å². The molecule has 3 heterocycles. The van der Waals surface area contributed by atoms with E-state index in [0.29, 0.717) is 35.8 Å². The number of fused-ring (bicyclic) bond motifs is 1. The smallest absolute Gasteiger partial charge is 0.278 e. The summed E-state index contributed by atoms with van der Waals surface area (Å²) in [5.41, 5.74) is 3.84. The lowest BCUT2D eigenvalue weighted by molar-refractivity contribution is 0.0929. The minimum absolute atomic E-state index is 0.00180. The molecule has 3 aromatic carbocycles. The zero-order valence-electron chi connectivity index (χ0n) is 29.2. The molecule has 262 valence electrons. The van der Waals surface area contributed by atoms with Gasteiger partial charge in [0.1, 0.15) is 11.4 Å². The van der Waals surface area contributed by atoms with Gasteiger partial charge in [0.05, 0.1) is 12.1 Å². The van der Waals surface area contributed by atoms with E-state index in [1.807, 2.05) is 42.5 Å². The molecule has 0 atom stereocenters. The van der Waals surface area contributed by atoms with Gasteiger partial charge in [-0.3, -0.25) is 19.1 Å². The molecule has 1 aliphatic heterocycles. The van der Waals surface area contributed by atoms with Crippen molar-refractivity contribution < 1.29 is 18.4 Å². The molecule has 0 radical (unpaired) electrons. The number of ketones is 2. The van der Waals surface area contributed by atoms with Crippen molar-refractivity contribution in [2.24, 2.45) is 13.0 Å². The van der Waals surface area contributed by atoms with Crippen molar-refractivity contribution in [3.8, 4) is 11.8 Å². The first-order valence-corrected chi connectivity index (χ1v) is 17.4. The molecule has 0 N–H and O–H groups in total. The highest BCUT2D eigenvalue weighted by atomic mass is 19.2. The molecule has 0 spiro atoms. The predicted octanol–water partition coefficient (Wildman–Crippen LogP) is 6.68. The summed E-state index contributed by atoms with van der Waals surface area (Å²) in [5.74, 6) is 5.19. The molecule has 1 aliphatic rings. The van der Waals surface area contributed by atoms with E-state index in [1.54, 1.807) is 24.9 Å². The number of hydrogen-bond acceptors (Lipinski definition) is 6. The quantitative estimate of drug-likeness (QED) is 0.114. The van der Waals surface area contributed by atoms with Crippen molar-refractivity contribution in [3.63, 3.8) is 0 Å². The van der Waals surface area contributed by atoms with Crippen LogP contribution < -0.4 is 5.56 Å². The third-order valence-electron chi connectivity index (χ3n) is 9.86. The van der Waals surface area contributed by atoms with Crippen LogP contribution in [0.5, 0.6) is 0 Å². The number of likely N-dealkylation sites (tertiary alicyclic amines) is 1. The lowest BCUT2D eigenvalue weighted by atomic mass is 9.89. The lowest BCUT2D eigenvalue weighted by Gasteiger charge is -2.30. The minimum atomic E-state index is -0.995. The Kier molecular flexibility index (Phi) is 11.0. The first-order valence-electron chi connectivity index (χ1n) is 17.4. The second-order valence-electron chi connectivity index (χ2n) is 13.3. The number of nitrogens with zero attached hydrogens (tertiary/aromatic N) is 5. The number of Topliss-reactive ketones (excluding diaryl/α,β-unsaturated/α-hetero) is 2. The van der Waals surface area contributed by atoms with E-state index in [1.165, 1.54) is 10.7 Å². The molecule has 5 aromatic rings. The van der Waals surface area contributed by atoms with Gasteiger partial charge in [-0.2, -0.15) is 0 Å². The third-order valence-corrected chi connectivity index (χ3v) is 9.86. The van der Waals surface area contributed by atoms with Crippen molar-refractivity contribution >= 4 is 22.5 Å². The van der Waals surface area contributed by atoms with E-state index in [-0.39, 0.29) is 36.5 Å². The number of rotatable bonds is 11. The zero-order valence-corrected chi connectivity index (χ0v) is 29.2. The number of halogens is 2. The molecule has 1 fully saturated rings. The maximum absolute atomic E-state index is 13.7. The summed E-state index contributed by atoms with van der Waals surface area (Å²) in [4.78, 5) is 50.8. The normalized spacial score (nSPS) is 13.7. The highest BCUT2D eigenvalue weighted by Gasteiger charge is 2.22. The lowest BCUT2D eigenvalue weighted by Crippen LogP contribution is -2.34. The van der Waals surface area contributed by atoms with E-state index in [0.717, 1.165) is 72.2 Å². The van der Waals surface area contributed by atoms with Crippen LogP contribution in [0.2, 0.25) is 0 Å². The van der Waals surface area contributed by atoms with E-state index in [2.05, 4.69) is 28.6 Å². The fourth-order valence-electron chi connectivity index (χ4n) is 6.65. The summed E-state index contributed by atoms with van der Waals surface area (Å²) in [5, 5.41) is 0.842. The van der Waals surface area contributed by atoms with Crippen LogP contribution >= 0.6 is 0 Å². The van der Waals surface area contributed by atoms with Gasteiger partial charge >= 0.3 is 0 Å². The molecular formula is C41H41F2N5O3. The van der Waals surface area contributed by atoms with Crippen LogP contribution in [0.25, 0.3) is 10.9 Å². The zero-order chi connectivity index (χ0) is 36.1. The highest BCUT2D eigenvalue weighted by molar-refractivity contribution is 5.97. The van der Waals surface area contributed by atoms with Crippen molar-refractivity contribution in [1.29, 1.82) is 0 Å². The molecule has 8 nitrogen and oxygen atoms in total. The molecule has 0 saturated carbocycles.